The Kier molecular flexibility index (Phi) is 3.42. The highest BCUT2D eigenvalue weighted by molar-refractivity contribution is 6.05. The van der Waals surface area contributed by atoms with Crippen LogP contribution < -0.4 is 0 Å². The van der Waals surface area contributed by atoms with Gasteiger partial charge in [0.05, 0.1) is 25.6 Å². The fraction of sp³-hybridized carbons (Fsp3) is 0.778. The number of aliphatic hydroxyl groups is 1. The highest BCUT2D eigenvalue weighted by atomic mass is 16.3. The number of carbonyl (C=O) groups is 2. The third kappa shape index (κ3) is 2.28. The van der Waals surface area contributed by atoms with Crippen LogP contribution in [0.1, 0.15) is 26.2 Å². The van der Waals surface area contributed by atoms with Gasteiger partial charge in [0, 0.05) is 0 Å². The molecule has 1 atom stereocenters. The van der Waals surface area contributed by atoms with Crippen LogP contribution in [-0.4, -0.2) is 40.9 Å². The fourth-order valence-corrected chi connectivity index (χ4v) is 1.62. The van der Waals surface area contributed by atoms with E-state index in [1.165, 1.54) is 4.90 Å². The summed E-state index contributed by atoms with van der Waals surface area (Å²) in [5, 5.41) is 9.02. The number of likely N-dealkylation sites (tertiary alicyclic amines) is 1. The quantitative estimate of drug-likeness (QED) is 0.625. The summed E-state index contributed by atoms with van der Waals surface area (Å²) in [5.74, 6) is -0.183. The molecule has 0 saturated carbocycles. The molecule has 0 bridgehead atoms. The second-order valence-corrected chi connectivity index (χ2v) is 3.36. The van der Waals surface area contributed by atoms with Gasteiger partial charge < -0.3 is 10.0 Å². The van der Waals surface area contributed by atoms with Gasteiger partial charge in [0.2, 0.25) is 5.91 Å². The fourth-order valence-electron chi connectivity index (χ4n) is 1.62. The molecule has 1 N–H and O–H groups in total. The van der Waals surface area contributed by atoms with Gasteiger partial charge in [-0.25, -0.2) is 0 Å². The maximum absolute atomic E-state index is 11.3. The number of hydrogen-bond donors (Lipinski definition) is 1. The minimum atomic E-state index is -0.163. The predicted octanol–water partition coefficient (Wildman–Crippen LogP) is -0.0512. The van der Waals surface area contributed by atoms with Gasteiger partial charge >= 0.3 is 0 Å². The molecule has 1 aliphatic rings. The van der Waals surface area contributed by atoms with Crippen LogP contribution in [-0.2, 0) is 9.59 Å². The summed E-state index contributed by atoms with van der Waals surface area (Å²) >= 11 is 0. The number of hydrogen-bond acceptors (Lipinski definition) is 3. The van der Waals surface area contributed by atoms with E-state index in [1.54, 1.807) is 0 Å². The Morgan fingerprint density at radius 2 is 2.23 bits per heavy atom. The first-order valence-corrected chi connectivity index (χ1v) is 4.61. The van der Waals surface area contributed by atoms with Crippen LogP contribution in [0.3, 0.4) is 0 Å². The highest BCUT2D eigenvalue weighted by Gasteiger charge is 2.31. The van der Waals surface area contributed by atoms with Gasteiger partial charge in [0.15, 0.2) is 5.78 Å². The van der Waals surface area contributed by atoms with Crippen molar-refractivity contribution in [3.8, 4) is 0 Å². The summed E-state index contributed by atoms with van der Waals surface area (Å²) in [7, 11) is 0. The second kappa shape index (κ2) is 4.37. The number of Topliss-reactive ketones (excluding diaryl/α,β-unsaturated/α-hetero) is 1. The first-order chi connectivity index (χ1) is 6.19. The third-order valence-corrected chi connectivity index (χ3v) is 2.29. The van der Waals surface area contributed by atoms with Crippen molar-refractivity contribution in [3.05, 3.63) is 0 Å². The van der Waals surface area contributed by atoms with Gasteiger partial charge in [-0.3, -0.25) is 9.59 Å². The van der Waals surface area contributed by atoms with Crippen LogP contribution in [0.2, 0.25) is 0 Å². The summed E-state index contributed by atoms with van der Waals surface area (Å²) in [4.78, 5) is 23.7. The Hall–Kier alpha value is -0.900. The van der Waals surface area contributed by atoms with Crippen LogP contribution in [0.4, 0.5) is 0 Å². The second-order valence-electron chi connectivity index (χ2n) is 3.36. The molecule has 1 unspecified atom stereocenters. The summed E-state index contributed by atoms with van der Waals surface area (Å²) < 4.78 is 0. The van der Waals surface area contributed by atoms with Crippen LogP contribution >= 0.6 is 0 Å². The molecule has 1 rings (SSSR count). The lowest BCUT2D eigenvalue weighted by atomic mass is 10.1. The molecule has 1 aliphatic heterocycles. The monoisotopic (exact) mass is 185 g/mol. The maximum Gasteiger partial charge on any atom is 0.230 e. The number of amides is 1. The third-order valence-electron chi connectivity index (χ3n) is 2.29. The van der Waals surface area contributed by atoms with Crippen LogP contribution in [0, 0.1) is 0 Å². The molecule has 1 fully saturated rings. The molecule has 1 heterocycles. The van der Waals surface area contributed by atoms with Crippen LogP contribution in [0.15, 0.2) is 0 Å². The molecular formula is C9H15NO3. The summed E-state index contributed by atoms with van der Waals surface area (Å²) in [6.45, 7) is 2.13. The van der Waals surface area contributed by atoms with Gasteiger partial charge in [-0.15, -0.1) is 0 Å². The zero-order valence-electron chi connectivity index (χ0n) is 7.82. The Bertz CT molecular complexity index is 215. The van der Waals surface area contributed by atoms with E-state index >= 15 is 0 Å². The summed E-state index contributed by atoms with van der Waals surface area (Å²) in [6, 6.07) is -0.163. The lowest BCUT2D eigenvalue weighted by Crippen LogP contribution is -2.39. The van der Waals surface area contributed by atoms with Gasteiger partial charge in [-0.2, -0.15) is 0 Å². The molecular weight excluding hydrogens is 170 g/mol. The van der Waals surface area contributed by atoms with E-state index in [2.05, 4.69) is 0 Å². The molecule has 0 spiro atoms. The number of carbonyl (C=O) groups excluding carboxylic acids is 2. The van der Waals surface area contributed by atoms with E-state index < -0.39 is 0 Å². The van der Waals surface area contributed by atoms with Crippen molar-refractivity contribution >= 4 is 11.7 Å². The van der Waals surface area contributed by atoms with E-state index in [4.69, 9.17) is 5.11 Å². The van der Waals surface area contributed by atoms with E-state index in [0.717, 1.165) is 12.8 Å². The molecule has 74 valence electrons. The summed E-state index contributed by atoms with van der Waals surface area (Å²) in [6.07, 6.45) is 1.68. The lowest BCUT2D eigenvalue weighted by Gasteiger charge is -2.24. The topological polar surface area (TPSA) is 57.6 Å². The highest BCUT2D eigenvalue weighted by Crippen LogP contribution is 2.14. The first kappa shape index (κ1) is 10.2. The van der Waals surface area contributed by atoms with E-state index in [9.17, 15) is 9.59 Å². The van der Waals surface area contributed by atoms with Crippen molar-refractivity contribution < 1.29 is 14.7 Å². The predicted molar refractivity (Wildman–Crippen MR) is 47.1 cm³/mol. The van der Waals surface area contributed by atoms with Crippen molar-refractivity contribution in [2.75, 3.05) is 13.2 Å². The van der Waals surface area contributed by atoms with Gasteiger partial charge in [0.25, 0.3) is 0 Å². The zero-order valence-corrected chi connectivity index (χ0v) is 7.82. The largest absolute Gasteiger partial charge is 0.394 e. The van der Waals surface area contributed by atoms with Crippen molar-refractivity contribution in [2.45, 2.75) is 32.2 Å². The molecule has 1 amide bonds. The lowest BCUT2D eigenvalue weighted by molar-refractivity contribution is -0.130. The van der Waals surface area contributed by atoms with Crippen molar-refractivity contribution in [1.82, 2.24) is 4.90 Å². The summed E-state index contributed by atoms with van der Waals surface area (Å²) in [5.41, 5.74) is 0. The number of aliphatic hydroxyl groups excluding tert-OH is 1. The molecule has 4 nitrogen and oxygen atoms in total. The molecule has 0 aromatic carbocycles. The van der Waals surface area contributed by atoms with Gasteiger partial charge in [-0.05, 0) is 6.42 Å². The molecule has 0 aromatic heterocycles. The minimum absolute atomic E-state index is 0.0141. The molecule has 0 aliphatic carbocycles. The maximum atomic E-state index is 11.3. The Labute approximate surface area is 77.5 Å². The zero-order chi connectivity index (χ0) is 9.84. The SMILES string of the molecule is CCCC(CO)N1CC(=O)CC1=O. The molecule has 13 heavy (non-hydrogen) atoms. The van der Waals surface area contributed by atoms with E-state index in [0.29, 0.717) is 0 Å². The molecule has 0 aromatic rings. The van der Waals surface area contributed by atoms with Crippen molar-refractivity contribution in [1.29, 1.82) is 0 Å². The standard InChI is InChI=1S/C9H15NO3/c1-2-3-7(6-11)10-5-8(12)4-9(10)13/h7,11H,2-6H2,1H3. The van der Waals surface area contributed by atoms with Gasteiger partial charge in [-0.1, -0.05) is 13.3 Å². The average molecular weight is 185 g/mol. The average Bonchev–Trinajstić information content (AvgIpc) is 2.41. The Morgan fingerprint density at radius 3 is 2.62 bits per heavy atom. The van der Waals surface area contributed by atoms with E-state index in [-0.39, 0.29) is 37.3 Å². The number of nitrogens with zero attached hydrogens (tertiary/aromatic N) is 1. The van der Waals surface area contributed by atoms with Crippen molar-refractivity contribution in [2.24, 2.45) is 0 Å². The number of rotatable bonds is 4. The molecule has 1 saturated heterocycles. The Balaban J connectivity index is 2.58. The van der Waals surface area contributed by atoms with E-state index in [1.807, 2.05) is 6.92 Å². The first-order valence-electron chi connectivity index (χ1n) is 4.61. The van der Waals surface area contributed by atoms with Crippen molar-refractivity contribution in [3.63, 3.8) is 0 Å². The molecule has 4 heteroatoms. The van der Waals surface area contributed by atoms with Gasteiger partial charge in [0.1, 0.15) is 0 Å². The molecule has 0 radical (unpaired) electrons. The normalized spacial score (nSPS) is 19.7. The Morgan fingerprint density at radius 1 is 1.54 bits per heavy atom. The van der Waals surface area contributed by atoms with Crippen LogP contribution in [0.25, 0.3) is 0 Å². The minimum Gasteiger partial charge on any atom is -0.394 e. The number of ketones is 1. The van der Waals surface area contributed by atoms with Crippen LogP contribution in [0.5, 0.6) is 0 Å². The smallest absolute Gasteiger partial charge is 0.230 e.